The van der Waals surface area contributed by atoms with Crippen molar-refractivity contribution in [2.45, 2.75) is 37.6 Å². The molecule has 4 atom stereocenters. The predicted molar refractivity (Wildman–Crippen MR) is 108 cm³/mol. The molecule has 2 aromatic heterocycles. The second-order valence-corrected chi connectivity index (χ2v) is 11.9. The zero-order chi connectivity index (χ0) is 22.4. The van der Waals surface area contributed by atoms with Crippen molar-refractivity contribution in [1.82, 2.24) is 19.6 Å². The van der Waals surface area contributed by atoms with E-state index in [0.717, 1.165) is 25.9 Å². The highest BCUT2D eigenvalue weighted by Gasteiger charge is 2.40. The monoisotopic (exact) mass is 497 g/mol. The van der Waals surface area contributed by atoms with Gasteiger partial charge in [-0.2, -0.15) is 4.98 Å². The molecule has 2 aliphatic heterocycles. The molecule has 0 aromatic carbocycles. The van der Waals surface area contributed by atoms with Gasteiger partial charge in [-0.1, -0.05) is 0 Å². The number of aromatic nitrogens is 4. The van der Waals surface area contributed by atoms with Crippen LogP contribution in [0.3, 0.4) is 0 Å². The summed E-state index contributed by atoms with van der Waals surface area (Å²) in [6.45, 7) is 1.22. The molecule has 172 valence electrons. The molecule has 2 aromatic rings. The highest BCUT2D eigenvalue weighted by molar-refractivity contribution is 7.70. The Balaban J connectivity index is 1.51. The van der Waals surface area contributed by atoms with E-state index >= 15 is 0 Å². The maximum Gasteiger partial charge on any atom is 0.340 e. The van der Waals surface area contributed by atoms with Gasteiger partial charge < -0.3 is 33.9 Å². The van der Waals surface area contributed by atoms with Crippen LogP contribution in [0, 0.1) is 0 Å². The molecule has 0 spiro atoms. The summed E-state index contributed by atoms with van der Waals surface area (Å²) in [5, 5.41) is 14.7. The molecule has 0 amide bonds. The first-order valence-corrected chi connectivity index (χ1v) is 13.5. The highest BCUT2D eigenvalue weighted by Crippen LogP contribution is 2.55. The Morgan fingerprint density at radius 3 is 2.65 bits per heavy atom. The third-order valence-electron chi connectivity index (χ3n) is 5.06. The standard InChI is InChI=1S/C15H22ClN5O8P2/c16-15-18-14(20-3-1-2-4-20)13-17-6-10(21(13)19-15)12-11(22)5-9(29-12)7-28-31(26,27)8-30(23,24)25/h6,9,11-12,22H,1-5,7-8H2,(H,26,27)(H2,23,24,25)/t9-,11+,12-/m0/s1. The number of rotatable bonds is 7. The van der Waals surface area contributed by atoms with Gasteiger partial charge in [-0.25, -0.2) is 9.50 Å². The van der Waals surface area contributed by atoms with Crippen LogP contribution < -0.4 is 4.90 Å². The number of fused-ring (bicyclic) bond motifs is 1. The van der Waals surface area contributed by atoms with E-state index in [4.69, 9.17) is 30.6 Å². The van der Waals surface area contributed by atoms with E-state index in [1.807, 2.05) is 0 Å². The van der Waals surface area contributed by atoms with E-state index in [1.54, 1.807) is 0 Å². The highest BCUT2D eigenvalue weighted by atomic mass is 35.5. The van der Waals surface area contributed by atoms with E-state index in [-0.39, 0.29) is 11.7 Å². The Kier molecular flexibility index (Phi) is 6.43. The first-order chi connectivity index (χ1) is 14.5. The number of aliphatic hydroxyl groups excluding tert-OH is 1. The summed E-state index contributed by atoms with van der Waals surface area (Å²) in [7, 11) is -9.25. The van der Waals surface area contributed by atoms with Crippen LogP contribution in [-0.4, -0.2) is 77.2 Å². The molecule has 0 aliphatic carbocycles. The number of anilines is 1. The van der Waals surface area contributed by atoms with E-state index < -0.39 is 46.0 Å². The van der Waals surface area contributed by atoms with Crippen LogP contribution in [0.2, 0.25) is 5.28 Å². The molecule has 2 aliphatic rings. The second-order valence-electron chi connectivity index (χ2n) is 7.54. The minimum Gasteiger partial charge on any atom is -0.390 e. The Labute approximate surface area is 181 Å². The summed E-state index contributed by atoms with van der Waals surface area (Å²) in [5.41, 5.74) is 0.899. The molecule has 0 saturated carbocycles. The number of imidazole rings is 1. The predicted octanol–water partition coefficient (Wildman–Crippen LogP) is 0.906. The molecule has 0 radical (unpaired) electrons. The Morgan fingerprint density at radius 2 is 1.97 bits per heavy atom. The Morgan fingerprint density at radius 1 is 1.26 bits per heavy atom. The number of halogens is 1. The average molecular weight is 498 g/mol. The summed E-state index contributed by atoms with van der Waals surface area (Å²) in [4.78, 5) is 38.1. The van der Waals surface area contributed by atoms with E-state index in [0.29, 0.717) is 17.2 Å². The quantitative estimate of drug-likeness (QED) is 0.397. The van der Waals surface area contributed by atoms with Crippen LogP contribution >= 0.6 is 26.8 Å². The van der Waals surface area contributed by atoms with Crippen LogP contribution in [0.4, 0.5) is 5.82 Å². The maximum absolute atomic E-state index is 11.8. The molecule has 4 rings (SSSR count). The number of hydrogen-bond donors (Lipinski definition) is 4. The number of hydrogen-bond acceptors (Lipinski definition) is 9. The van der Waals surface area contributed by atoms with Gasteiger partial charge in [-0.3, -0.25) is 9.13 Å². The maximum atomic E-state index is 11.8. The van der Waals surface area contributed by atoms with Gasteiger partial charge in [-0.15, -0.1) is 5.10 Å². The van der Waals surface area contributed by atoms with Crippen molar-refractivity contribution in [2.75, 3.05) is 30.5 Å². The summed E-state index contributed by atoms with van der Waals surface area (Å²) in [6.07, 6.45) is 1.01. The Hall–Kier alpha value is -1.14. The van der Waals surface area contributed by atoms with Crippen molar-refractivity contribution < 1.29 is 38.2 Å². The fraction of sp³-hybridized carbons (Fsp3) is 0.667. The van der Waals surface area contributed by atoms with E-state index in [9.17, 15) is 19.1 Å². The first kappa shape index (κ1) is 23.0. The van der Waals surface area contributed by atoms with E-state index in [1.165, 1.54) is 10.7 Å². The molecule has 1 unspecified atom stereocenters. The third-order valence-corrected chi connectivity index (χ3v) is 8.68. The van der Waals surface area contributed by atoms with Crippen LogP contribution in [-0.2, 0) is 18.4 Å². The van der Waals surface area contributed by atoms with Crippen molar-refractivity contribution in [3.63, 3.8) is 0 Å². The average Bonchev–Trinajstić information content (AvgIpc) is 3.37. The summed E-state index contributed by atoms with van der Waals surface area (Å²) in [6, 6.07) is 0. The lowest BCUT2D eigenvalue weighted by atomic mass is 10.1. The summed E-state index contributed by atoms with van der Waals surface area (Å²) in [5.74, 6) is -0.699. The molecule has 2 fully saturated rings. The van der Waals surface area contributed by atoms with Crippen LogP contribution in [0.5, 0.6) is 0 Å². The molecule has 4 N–H and O–H groups in total. The van der Waals surface area contributed by atoms with Gasteiger partial charge in [0.05, 0.1) is 30.7 Å². The molecular formula is C15H22ClN5O8P2. The van der Waals surface area contributed by atoms with Gasteiger partial charge >= 0.3 is 15.2 Å². The van der Waals surface area contributed by atoms with Crippen LogP contribution in [0.25, 0.3) is 5.65 Å². The summed E-state index contributed by atoms with van der Waals surface area (Å²) >= 11 is 6.11. The van der Waals surface area contributed by atoms with Crippen LogP contribution in [0.15, 0.2) is 6.20 Å². The van der Waals surface area contributed by atoms with E-state index in [2.05, 4.69) is 20.0 Å². The van der Waals surface area contributed by atoms with Gasteiger partial charge in [-0.05, 0) is 24.4 Å². The SMILES string of the molecule is O=P(O)(O)CP(=O)(O)OC[C@@H]1C[C@@H](O)[C@H](c2cnc3c(N4CCCC4)nc(Cl)nn23)O1. The van der Waals surface area contributed by atoms with Crippen molar-refractivity contribution in [3.8, 4) is 0 Å². The van der Waals surface area contributed by atoms with Gasteiger partial charge in [0.2, 0.25) is 5.28 Å². The van der Waals surface area contributed by atoms with Gasteiger partial charge in [0.15, 0.2) is 17.4 Å². The van der Waals surface area contributed by atoms with Crippen molar-refractivity contribution in [2.24, 2.45) is 0 Å². The van der Waals surface area contributed by atoms with Crippen LogP contribution in [0.1, 0.15) is 31.1 Å². The first-order valence-electron chi connectivity index (χ1n) is 9.53. The lowest BCUT2D eigenvalue weighted by Gasteiger charge is -2.18. The minimum atomic E-state index is -4.73. The number of nitrogens with zero attached hydrogens (tertiary/aromatic N) is 5. The third kappa shape index (κ3) is 5.27. The number of ether oxygens (including phenoxy) is 1. The van der Waals surface area contributed by atoms with Gasteiger partial charge in [0.1, 0.15) is 6.10 Å². The van der Waals surface area contributed by atoms with Gasteiger partial charge in [0, 0.05) is 19.5 Å². The molecular weight excluding hydrogens is 476 g/mol. The second kappa shape index (κ2) is 8.66. The Bertz CT molecular complexity index is 1060. The zero-order valence-electron chi connectivity index (χ0n) is 16.2. The normalized spacial score (nSPS) is 26.6. The van der Waals surface area contributed by atoms with Crippen molar-refractivity contribution >= 4 is 38.3 Å². The minimum absolute atomic E-state index is 0.0136. The van der Waals surface area contributed by atoms with Gasteiger partial charge in [0.25, 0.3) is 0 Å². The molecule has 13 nitrogen and oxygen atoms in total. The molecule has 31 heavy (non-hydrogen) atoms. The summed E-state index contributed by atoms with van der Waals surface area (Å²) < 4.78 is 34.8. The largest absolute Gasteiger partial charge is 0.390 e. The number of aliphatic hydroxyl groups is 1. The van der Waals surface area contributed by atoms with Crippen molar-refractivity contribution in [1.29, 1.82) is 0 Å². The lowest BCUT2D eigenvalue weighted by molar-refractivity contribution is -0.0110. The lowest BCUT2D eigenvalue weighted by Crippen LogP contribution is -2.21. The fourth-order valence-electron chi connectivity index (χ4n) is 3.79. The van der Waals surface area contributed by atoms with Crippen molar-refractivity contribution in [3.05, 3.63) is 17.2 Å². The molecule has 4 heterocycles. The molecule has 16 heteroatoms. The molecule has 2 saturated heterocycles. The topological polar surface area (TPSA) is 180 Å². The zero-order valence-corrected chi connectivity index (χ0v) is 18.7. The fourth-order valence-corrected chi connectivity index (χ4v) is 6.53. The smallest absolute Gasteiger partial charge is 0.340 e. The molecule has 0 bridgehead atoms.